The standard InChI is InChI=1S/C17H13N3O3/c1-19-15-7-5-12(10-16(15)20(22)23)6-8-17(21)14-4-2-3-13(9-14)11-18/h2-10,19H,1H3/b8-6+. The molecule has 0 unspecified atom stereocenters. The number of nitro groups is 1. The third-order valence-electron chi connectivity index (χ3n) is 3.19. The number of carbonyl (C=O) groups is 1. The van der Waals surface area contributed by atoms with E-state index in [0.717, 1.165) is 0 Å². The van der Waals surface area contributed by atoms with Gasteiger partial charge in [0.2, 0.25) is 0 Å². The molecule has 0 amide bonds. The van der Waals surface area contributed by atoms with Crippen LogP contribution in [-0.4, -0.2) is 17.8 Å². The summed E-state index contributed by atoms with van der Waals surface area (Å²) in [6, 6.07) is 13.0. The van der Waals surface area contributed by atoms with Gasteiger partial charge in [-0.1, -0.05) is 24.3 Å². The SMILES string of the molecule is CNc1ccc(/C=C/C(=O)c2cccc(C#N)c2)cc1[N+](=O)[O-]. The summed E-state index contributed by atoms with van der Waals surface area (Å²) in [5, 5.41) is 22.6. The van der Waals surface area contributed by atoms with Crippen LogP contribution in [0.25, 0.3) is 6.08 Å². The molecule has 0 heterocycles. The third-order valence-corrected chi connectivity index (χ3v) is 3.19. The Hall–Kier alpha value is -3.46. The van der Waals surface area contributed by atoms with Crippen molar-refractivity contribution in [3.8, 4) is 6.07 Å². The maximum Gasteiger partial charge on any atom is 0.292 e. The first-order valence-corrected chi connectivity index (χ1v) is 6.74. The smallest absolute Gasteiger partial charge is 0.292 e. The molecular formula is C17H13N3O3. The average molecular weight is 307 g/mol. The zero-order valence-electron chi connectivity index (χ0n) is 12.3. The molecule has 0 saturated heterocycles. The summed E-state index contributed by atoms with van der Waals surface area (Å²) < 4.78 is 0. The van der Waals surface area contributed by atoms with Crippen molar-refractivity contribution in [2.24, 2.45) is 0 Å². The van der Waals surface area contributed by atoms with Crippen molar-refractivity contribution >= 4 is 23.2 Å². The Morgan fingerprint density at radius 1 is 1.30 bits per heavy atom. The minimum absolute atomic E-state index is 0.0615. The molecule has 0 radical (unpaired) electrons. The monoisotopic (exact) mass is 307 g/mol. The van der Waals surface area contributed by atoms with Crippen LogP contribution in [0.3, 0.4) is 0 Å². The van der Waals surface area contributed by atoms with Crippen LogP contribution in [0.5, 0.6) is 0 Å². The Bertz CT molecular complexity index is 835. The van der Waals surface area contributed by atoms with E-state index in [4.69, 9.17) is 5.26 Å². The fraction of sp³-hybridized carbons (Fsp3) is 0.0588. The van der Waals surface area contributed by atoms with Crippen LogP contribution in [0, 0.1) is 21.4 Å². The average Bonchev–Trinajstić information content (AvgIpc) is 2.59. The van der Waals surface area contributed by atoms with Crippen molar-refractivity contribution in [2.45, 2.75) is 0 Å². The van der Waals surface area contributed by atoms with E-state index in [-0.39, 0.29) is 11.5 Å². The summed E-state index contributed by atoms with van der Waals surface area (Å²) in [6.07, 6.45) is 2.84. The first kappa shape index (κ1) is 15.9. The summed E-state index contributed by atoms with van der Waals surface area (Å²) in [5.41, 5.74) is 1.68. The number of benzene rings is 2. The largest absolute Gasteiger partial charge is 0.383 e. The number of ketones is 1. The van der Waals surface area contributed by atoms with E-state index in [0.29, 0.717) is 22.4 Å². The van der Waals surface area contributed by atoms with Crippen LogP contribution in [0.2, 0.25) is 0 Å². The molecule has 0 aromatic heterocycles. The van der Waals surface area contributed by atoms with Gasteiger partial charge in [-0.15, -0.1) is 0 Å². The molecule has 2 rings (SSSR count). The fourth-order valence-corrected chi connectivity index (χ4v) is 2.02. The molecule has 2 aromatic rings. The molecule has 0 aliphatic rings. The predicted molar refractivity (Wildman–Crippen MR) is 87.2 cm³/mol. The van der Waals surface area contributed by atoms with E-state index in [1.165, 1.54) is 24.3 Å². The molecule has 0 bridgehead atoms. The molecule has 23 heavy (non-hydrogen) atoms. The van der Waals surface area contributed by atoms with Crippen LogP contribution in [-0.2, 0) is 0 Å². The number of nitrogens with one attached hydrogen (secondary N) is 1. The fourth-order valence-electron chi connectivity index (χ4n) is 2.02. The molecule has 0 aliphatic carbocycles. The Balaban J connectivity index is 2.26. The number of hydrogen-bond donors (Lipinski definition) is 1. The lowest BCUT2D eigenvalue weighted by Crippen LogP contribution is -1.97. The number of allylic oxidation sites excluding steroid dienone is 1. The number of nitrogens with zero attached hydrogens (tertiary/aromatic N) is 2. The minimum atomic E-state index is -0.485. The summed E-state index contributed by atoms with van der Waals surface area (Å²) in [7, 11) is 1.60. The molecule has 0 aliphatic heterocycles. The van der Waals surface area contributed by atoms with Crippen LogP contribution in [0.4, 0.5) is 11.4 Å². The van der Waals surface area contributed by atoms with Gasteiger partial charge in [0, 0.05) is 18.7 Å². The topological polar surface area (TPSA) is 96.0 Å². The van der Waals surface area contributed by atoms with E-state index in [1.54, 1.807) is 37.4 Å². The Labute approximate surface area is 132 Å². The summed E-state index contributed by atoms with van der Waals surface area (Å²) in [5.74, 6) is -0.276. The maximum atomic E-state index is 12.1. The minimum Gasteiger partial charge on any atom is -0.383 e. The number of hydrogen-bond acceptors (Lipinski definition) is 5. The van der Waals surface area contributed by atoms with Crippen molar-refractivity contribution in [1.82, 2.24) is 0 Å². The van der Waals surface area contributed by atoms with Gasteiger partial charge >= 0.3 is 0 Å². The Morgan fingerprint density at radius 2 is 2.09 bits per heavy atom. The maximum absolute atomic E-state index is 12.1. The van der Waals surface area contributed by atoms with Gasteiger partial charge in [0.25, 0.3) is 5.69 Å². The van der Waals surface area contributed by atoms with E-state index < -0.39 is 4.92 Å². The molecule has 0 spiro atoms. The van der Waals surface area contributed by atoms with Crippen LogP contribution >= 0.6 is 0 Å². The highest BCUT2D eigenvalue weighted by Crippen LogP contribution is 2.25. The van der Waals surface area contributed by atoms with Gasteiger partial charge in [0.1, 0.15) is 5.69 Å². The highest BCUT2D eigenvalue weighted by Gasteiger charge is 2.12. The van der Waals surface area contributed by atoms with Gasteiger partial charge in [-0.25, -0.2) is 0 Å². The normalized spacial score (nSPS) is 10.3. The molecule has 1 N–H and O–H groups in total. The van der Waals surface area contributed by atoms with Crippen molar-refractivity contribution in [2.75, 3.05) is 12.4 Å². The van der Waals surface area contributed by atoms with Gasteiger partial charge < -0.3 is 5.32 Å². The van der Waals surface area contributed by atoms with Gasteiger partial charge in [0.15, 0.2) is 5.78 Å². The third kappa shape index (κ3) is 3.80. The van der Waals surface area contributed by atoms with Crippen molar-refractivity contribution in [3.05, 3.63) is 75.3 Å². The van der Waals surface area contributed by atoms with E-state index in [1.807, 2.05) is 6.07 Å². The zero-order valence-corrected chi connectivity index (χ0v) is 12.3. The van der Waals surface area contributed by atoms with Crippen molar-refractivity contribution in [3.63, 3.8) is 0 Å². The van der Waals surface area contributed by atoms with Crippen molar-refractivity contribution in [1.29, 1.82) is 5.26 Å². The summed E-state index contributed by atoms with van der Waals surface area (Å²) in [6.45, 7) is 0. The molecular weight excluding hydrogens is 294 g/mol. The number of carbonyl (C=O) groups excluding carboxylic acids is 1. The lowest BCUT2D eigenvalue weighted by Gasteiger charge is -2.02. The molecule has 0 fully saturated rings. The quantitative estimate of drug-likeness (QED) is 0.395. The number of nitriles is 1. The lowest BCUT2D eigenvalue weighted by atomic mass is 10.1. The summed E-state index contributed by atoms with van der Waals surface area (Å²) >= 11 is 0. The highest BCUT2D eigenvalue weighted by atomic mass is 16.6. The second kappa shape index (κ2) is 7.00. The zero-order chi connectivity index (χ0) is 16.8. The molecule has 2 aromatic carbocycles. The van der Waals surface area contributed by atoms with Crippen LogP contribution in [0.15, 0.2) is 48.5 Å². The van der Waals surface area contributed by atoms with Gasteiger partial charge in [0.05, 0.1) is 16.6 Å². The predicted octanol–water partition coefficient (Wildman–Crippen LogP) is 3.40. The molecule has 0 atom stereocenters. The molecule has 6 heteroatoms. The summed E-state index contributed by atoms with van der Waals surface area (Å²) in [4.78, 5) is 22.6. The van der Waals surface area contributed by atoms with E-state index >= 15 is 0 Å². The second-order valence-electron chi connectivity index (χ2n) is 4.67. The number of anilines is 1. The Kier molecular flexibility index (Phi) is 4.85. The number of rotatable bonds is 5. The van der Waals surface area contributed by atoms with Gasteiger partial charge in [-0.3, -0.25) is 14.9 Å². The first-order chi connectivity index (χ1) is 11.0. The van der Waals surface area contributed by atoms with E-state index in [9.17, 15) is 14.9 Å². The molecule has 0 saturated carbocycles. The van der Waals surface area contributed by atoms with Crippen molar-refractivity contribution < 1.29 is 9.72 Å². The molecule has 6 nitrogen and oxygen atoms in total. The second-order valence-corrected chi connectivity index (χ2v) is 4.67. The lowest BCUT2D eigenvalue weighted by molar-refractivity contribution is -0.383. The molecule has 114 valence electrons. The highest BCUT2D eigenvalue weighted by molar-refractivity contribution is 6.07. The van der Waals surface area contributed by atoms with Gasteiger partial charge in [-0.2, -0.15) is 5.26 Å². The number of nitro benzene ring substituents is 1. The van der Waals surface area contributed by atoms with E-state index in [2.05, 4.69) is 5.32 Å². The van der Waals surface area contributed by atoms with Gasteiger partial charge in [-0.05, 0) is 29.8 Å². The Morgan fingerprint density at radius 3 is 2.74 bits per heavy atom. The van der Waals surface area contributed by atoms with Crippen LogP contribution in [0.1, 0.15) is 21.5 Å². The first-order valence-electron chi connectivity index (χ1n) is 6.74. The van der Waals surface area contributed by atoms with Crippen LogP contribution < -0.4 is 5.32 Å².